The zero-order chi connectivity index (χ0) is 10.3. The van der Waals surface area contributed by atoms with Gasteiger partial charge in [-0.25, -0.2) is 0 Å². The predicted octanol–water partition coefficient (Wildman–Crippen LogP) is 1.70. The van der Waals surface area contributed by atoms with Crippen molar-refractivity contribution in [1.29, 1.82) is 0 Å². The first kappa shape index (κ1) is 9.66. The number of nitrogens with two attached hydrogens (primary N) is 1. The Kier molecular flexibility index (Phi) is 2.44. The van der Waals surface area contributed by atoms with E-state index in [0.29, 0.717) is 17.7 Å². The second kappa shape index (κ2) is 3.79. The lowest BCUT2D eigenvalue weighted by molar-refractivity contribution is 0.352. The van der Waals surface area contributed by atoms with E-state index in [1.165, 1.54) is 18.6 Å². The quantitative estimate of drug-likeness (QED) is 0.848. The molecular formula is C10H15N3OS. The van der Waals surface area contributed by atoms with E-state index >= 15 is 0 Å². The van der Waals surface area contributed by atoms with Crippen LogP contribution in [0.5, 0.6) is 0 Å². The maximum Gasteiger partial charge on any atom is 0.230 e. The highest BCUT2D eigenvalue weighted by Gasteiger charge is 2.33. The highest BCUT2D eigenvalue weighted by Crippen LogP contribution is 2.39. The number of nitrogens with zero attached hydrogens (tertiary/aromatic N) is 2. The van der Waals surface area contributed by atoms with Crippen LogP contribution in [-0.4, -0.2) is 21.6 Å². The van der Waals surface area contributed by atoms with Gasteiger partial charge in [-0.1, -0.05) is 5.16 Å². The average molecular weight is 225 g/mol. The molecule has 2 N–H and O–H groups in total. The van der Waals surface area contributed by atoms with Crippen molar-refractivity contribution >= 4 is 11.8 Å². The topological polar surface area (TPSA) is 64.9 Å². The van der Waals surface area contributed by atoms with Gasteiger partial charge in [0, 0.05) is 11.7 Å². The van der Waals surface area contributed by atoms with Crippen molar-refractivity contribution in [3.8, 4) is 0 Å². The van der Waals surface area contributed by atoms with Crippen LogP contribution in [0.3, 0.4) is 0 Å². The van der Waals surface area contributed by atoms with Crippen LogP contribution in [0, 0.1) is 5.92 Å². The fourth-order valence-electron chi connectivity index (χ4n) is 1.94. The molecule has 2 heterocycles. The van der Waals surface area contributed by atoms with E-state index < -0.39 is 0 Å². The molecule has 0 spiro atoms. The fourth-order valence-corrected chi connectivity index (χ4v) is 3.16. The van der Waals surface area contributed by atoms with Gasteiger partial charge in [-0.05, 0) is 30.9 Å². The molecule has 1 saturated heterocycles. The van der Waals surface area contributed by atoms with Crippen LogP contribution in [0.15, 0.2) is 4.52 Å². The molecule has 1 aromatic rings. The normalized spacial score (nSPS) is 28.2. The molecule has 1 aliphatic heterocycles. The van der Waals surface area contributed by atoms with E-state index in [1.54, 1.807) is 0 Å². The van der Waals surface area contributed by atoms with Crippen LogP contribution in [0.4, 0.5) is 0 Å². The van der Waals surface area contributed by atoms with E-state index in [2.05, 4.69) is 10.1 Å². The zero-order valence-corrected chi connectivity index (χ0v) is 9.37. The lowest BCUT2D eigenvalue weighted by Gasteiger charge is -2.02. The Bertz CT molecular complexity index is 328. The SMILES string of the molecule is NC(c1noc(C2CCSC2)n1)C1CC1. The van der Waals surface area contributed by atoms with Crippen molar-refractivity contribution in [2.24, 2.45) is 11.7 Å². The van der Waals surface area contributed by atoms with Crippen molar-refractivity contribution < 1.29 is 4.52 Å². The van der Waals surface area contributed by atoms with Gasteiger partial charge < -0.3 is 10.3 Å². The molecule has 2 unspecified atom stereocenters. The summed E-state index contributed by atoms with van der Waals surface area (Å²) < 4.78 is 5.29. The summed E-state index contributed by atoms with van der Waals surface area (Å²) in [6.07, 6.45) is 3.58. The molecule has 1 aromatic heterocycles. The first-order valence-corrected chi connectivity index (χ1v) is 6.67. The molecule has 3 rings (SSSR count). The number of hydrogen-bond acceptors (Lipinski definition) is 5. The summed E-state index contributed by atoms with van der Waals surface area (Å²) in [5, 5.41) is 4.00. The number of aromatic nitrogens is 2. The molecule has 82 valence electrons. The van der Waals surface area contributed by atoms with Crippen LogP contribution in [0.1, 0.15) is 42.9 Å². The maximum absolute atomic E-state index is 6.02. The summed E-state index contributed by atoms with van der Waals surface area (Å²) in [6, 6.07) is -0.00319. The van der Waals surface area contributed by atoms with E-state index in [9.17, 15) is 0 Å². The Hall–Kier alpha value is -0.550. The molecule has 0 amide bonds. The smallest absolute Gasteiger partial charge is 0.230 e. The second-order valence-corrected chi connectivity index (χ2v) is 5.56. The standard InChI is InChI=1S/C10H15N3OS/c11-8(6-1-2-6)9-12-10(14-13-9)7-3-4-15-5-7/h6-8H,1-5,11H2. The molecule has 0 aromatic carbocycles. The van der Waals surface area contributed by atoms with Crippen molar-refractivity contribution in [2.45, 2.75) is 31.2 Å². The van der Waals surface area contributed by atoms with E-state index in [-0.39, 0.29) is 6.04 Å². The molecule has 2 fully saturated rings. The van der Waals surface area contributed by atoms with E-state index in [4.69, 9.17) is 10.3 Å². The van der Waals surface area contributed by atoms with Crippen LogP contribution >= 0.6 is 11.8 Å². The molecular weight excluding hydrogens is 210 g/mol. The first-order chi connectivity index (χ1) is 7.34. The van der Waals surface area contributed by atoms with Gasteiger partial charge in [-0.2, -0.15) is 16.7 Å². The Morgan fingerprint density at radius 2 is 2.27 bits per heavy atom. The lowest BCUT2D eigenvalue weighted by Crippen LogP contribution is -2.14. The Labute approximate surface area is 93.0 Å². The maximum atomic E-state index is 6.02. The summed E-state index contributed by atoms with van der Waals surface area (Å²) in [7, 11) is 0. The van der Waals surface area contributed by atoms with Crippen molar-refractivity contribution in [3.63, 3.8) is 0 Å². The third-order valence-electron chi connectivity index (χ3n) is 3.16. The average Bonchev–Trinajstić information content (AvgIpc) is 2.80. The number of hydrogen-bond donors (Lipinski definition) is 1. The molecule has 4 nitrogen and oxygen atoms in total. The van der Waals surface area contributed by atoms with Crippen molar-refractivity contribution in [2.75, 3.05) is 11.5 Å². The highest BCUT2D eigenvalue weighted by atomic mass is 32.2. The third-order valence-corrected chi connectivity index (χ3v) is 4.33. The fraction of sp³-hybridized carbons (Fsp3) is 0.800. The van der Waals surface area contributed by atoms with E-state index in [0.717, 1.165) is 18.1 Å². The van der Waals surface area contributed by atoms with Crippen molar-refractivity contribution in [3.05, 3.63) is 11.7 Å². The van der Waals surface area contributed by atoms with Crippen LogP contribution in [-0.2, 0) is 0 Å². The van der Waals surface area contributed by atoms with Gasteiger partial charge in [0.1, 0.15) is 0 Å². The molecule has 1 saturated carbocycles. The predicted molar refractivity (Wildman–Crippen MR) is 58.6 cm³/mol. The van der Waals surface area contributed by atoms with Gasteiger partial charge in [-0.15, -0.1) is 0 Å². The molecule has 0 bridgehead atoms. The summed E-state index contributed by atoms with van der Waals surface area (Å²) in [5.74, 6) is 4.88. The van der Waals surface area contributed by atoms with Gasteiger partial charge in [0.15, 0.2) is 5.82 Å². The minimum atomic E-state index is -0.00319. The number of rotatable bonds is 3. The summed E-state index contributed by atoms with van der Waals surface area (Å²) in [6.45, 7) is 0. The molecule has 1 aliphatic carbocycles. The van der Waals surface area contributed by atoms with Gasteiger partial charge in [0.25, 0.3) is 0 Å². The highest BCUT2D eigenvalue weighted by molar-refractivity contribution is 7.99. The summed E-state index contributed by atoms with van der Waals surface area (Å²) >= 11 is 1.95. The monoisotopic (exact) mass is 225 g/mol. The largest absolute Gasteiger partial charge is 0.339 e. The van der Waals surface area contributed by atoms with Gasteiger partial charge in [0.05, 0.1) is 6.04 Å². The zero-order valence-electron chi connectivity index (χ0n) is 8.56. The second-order valence-electron chi connectivity index (χ2n) is 4.41. The third kappa shape index (κ3) is 1.90. The van der Waals surface area contributed by atoms with Crippen LogP contribution < -0.4 is 5.73 Å². The summed E-state index contributed by atoms with van der Waals surface area (Å²) in [4.78, 5) is 4.44. The Balaban J connectivity index is 1.74. The Morgan fingerprint density at radius 3 is 2.93 bits per heavy atom. The van der Waals surface area contributed by atoms with Gasteiger partial charge in [0.2, 0.25) is 5.89 Å². The van der Waals surface area contributed by atoms with Crippen molar-refractivity contribution in [1.82, 2.24) is 10.1 Å². The van der Waals surface area contributed by atoms with Crippen LogP contribution in [0.2, 0.25) is 0 Å². The Morgan fingerprint density at radius 1 is 1.40 bits per heavy atom. The minimum absolute atomic E-state index is 0.00319. The first-order valence-electron chi connectivity index (χ1n) is 5.51. The minimum Gasteiger partial charge on any atom is -0.339 e. The van der Waals surface area contributed by atoms with E-state index in [1.807, 2.05) is 11.8 Å². The van der Waals surface area contributed by atoms with Gasteiger partial charge >= 0.3 is 0 Å². The molecule has 0 radical (unpaired) electrons. The lowest BCUT2D eigenvalue weighted by atomic mass is 10.1. The molecule has 2 atom stereocenters. The molecule has 2 aliphatic rings. The molecule has 5 heteroatoms. The number of thioether (sulfide) groups is 1. The van der Waals surface area contributed by atoms with Gasteiger partial charge in [-0.3, -0.25) is 0 Å². The van der Waals surface area contributed by atoms with Crippen LogP contribution in [0.25, 0.3) is 0 Å². The molecule has 15 heavy (non-hydrogen) atoms. The summed E-state index contributed by atoms with van der Waals surface area (Å²) in [5.41, 5.74) is 6.02.